The van der Waals surface area contributed by atoms with Gasteiger partial charge in [-0.1, -0.05) is 0 Å². The first-order valence-electron chi connectivity index (χ1n) is 3.27. The maximum absolute atomic E-state index is 8.72. The summed E-state index contributed by atoms with van der Waals surface area (Å²) in [6.45, 7) is 3.62. The summed E-state index contributed by atoms with van der Waals surface area (Å²) in [7, 11) is 0. The number of aromatic nitrogens is 2. The van der Waals surface area contributed by atoms with Gasteiger partial charge in [-0.25, -0.2) is 9.97 Å². The van der Waals surface area contributed by atoms with Gasteiger partial charge in [0.15, 0.2) is 6.33 Å². The van der Waals surface area contributed by atoms with Gasteiger partial charge in [-0.2, -0.15) is 5.26 Å². The van der Waals surface area contributed by atoms with E-state index in [9.17, 15) is 0 Å². The largest absolute Gasteiger partial charge is 0.234 e. The molecule has 0 fully saturated rings. The Morgan fingerprint density at radius 1 is 1.64 bits per heavy atom. The predicted octanol–water partition coefficient (Wildman–Crippen LogP) is 1.08. The van der Waals surface area contributed by atoms with E-state index in [4.69, 9.17) is 5.26 Å². The zero-order chi connectivity index (χ0) is 8.32. The lowest BCUT2D eigenvalue weighted by atomic mass is 9.91. The molecule has 0 unspecified atom stereocenters. The molecule has 3 heteroatoms. The fourth-order valence-corrected chi connectivity index (χ4v) is 0.667. The third-order valence-corrected chi connectivity index (χ3v) is 1.45. The van der Waals surface area contributed by atoms with Crippen LogP contribution in [0.3, 0.4) is 0 Å². The molecule has 1 aromatic heterocycles. The van der Waals surface area contributed by atoms with Crippen LogP contribution in [0, 0.1) is 17.7 Å². The Labute approximate surface area is 65.7 Å². The van der Waals surface area contributed by atoms with Crippen LogP contribution in [0.4, 0.5) is 0 Å². The molecule has 11 heavy (non-hydrogen) atoms. The first kappa shape index (κ1) is 7.67. The van der Waals surface area contributed by atoms with Crippen molar-refractivity contribution in [3.05, 3.63) is 24.3 Å². The van der Waals surface area contributed by atoms with Gasteiger partial charge in [0.1, 0.15) is 0 Å². The Morgan fingerprint density at radius 2 is 2.36 bits per heavy atom. The van der Waals surface area contributed by atoms with Crippen LogP contribution in [-0.2, 0) is 5.41 Å². The van der Waals surface area contributed by atoms with Gasteiger partial charge in [0.25, 0.3) is 0 Å². The molecule has 0 saturated carbocycles. The molecule has 0 aromatic carbocycles. The molecule has 1 rings (SSSR count). The van der Waals surface area contributed by atoms with E-state index in [-0.39, 0.29) is 0 Å². The normalized spacial score (nSPS) is 10.6. The third-order valence-electron chi connectivity index (χ3n) is 1.45. The molecule has 0 atom stereocenters. The minimum atomic E-state index is -0.542. The smallest absolute Gasteiger partial charge is 0.197 e. The highest BCUT2D eigenvalue weighted by Crippen LogP contribution is 2.17. The van der Waals surface area contributed by atoms with E-state index in [2.05, 4.69) is 22.4 Å². The van der Waals surface area contributed by atoms with Crippen LogP contribution in [0.25, 0.3) is 0 Å². The number of hydrogen-bond donors (Lipinski definition) is 0. The van der Waals surface area contributed by atoms with Crippen molar-refractivity contribution in [2.75, 3.05) is 0 Å². The summed E-state index contributed by atoms with van der Waals surface area (Å²) in [6, 6.07) is 3.87. The fraction of sp³-hybridized carbons (Fsp3) is 0.375. The predicted molar refractivity (Wildman–Crippen MR) is 39.5 cm³/mol. The summed E-state index contributed by atoms with van der Waals surface area (Å²) in [4.78, 5) is 7.51. The van der Waals surface area contributed by atoms with E-state index in [1.165, 1.54) is 0 Å². The average Bonchev–Trinajstić information content (AvgIpc) is 2.06. The Kier molecular flexibility index (Phi) is 1.86. The number of hydrogen-bond acceptors (Lipinski definition) is 3. The Balaban J connectivity index is 3.05. The lowest BCUT2D eigenvalue weighted by Gasteiger charge is -2.12. The molecule has 0 aliphatic rings. The number of nitriles is 1. The maximum Gasteiger partial charge on any atom is 0.197 e. The van der Waals surface area contributed by atoms with E-state index in [0.29, 0.717) is 5.69 Å². The van der Waals surface area contributed by atoms with Gasteiger partial charge in [-0.15, -0.1) is 0 Å². The van der Waals surface area contributed by atoms with Crippen molar-refractivity contribution in [2.45, 2.75) is 19.3 Å². The molecular weight excluding hydrogens is 138 g/mol. The minimum absolute atomic E-state index is 0.542. The van der Waals surface area contributed by atoms with Gasteiger partial charge in [-0.3, -0.25) is 0 Å². The second-order valence-corrected chi connectivity index (χ2v) is 2.78. The maximum atomic E-state index is 8.72. The third kappa shape index (κ3) is 1.53. The zero-order valence-electron chi connectivity index (χ0n) is 6.50. The van der Waals surface area contributed by atoms with Crippen LogP contribution in [0.1, 0.15) is 19.5 Å². The Hall–Kier alpha value is -1.43. The van der Waals surface area contributed by atoms with Crippen molar-refractivity contribution in [2.24, 2.45) is 0 Å². The van der Waals surface area contributed by atoms with Gasteiger partial charge in [0.05, 0.1) is 17.2 Å². The molecule has 55 valence electrons. The van der Waals surface area contributed by atoms with Gasteiger partial charge in [0, 0.05) is 6.20 Å². The van der Waals surface area contributed by atoms with Crippen molar-refractivity contribution in [1.82, 2.24) is 9.97 Å². The molecular formula is C8H8N3. The number of rotatable bonds is 1. The highest BCUT2D eigenvalue weighted by molar-refractivity contribution is 5.20. The highest BCUT2D eigenvalue weighted by Gasteiger charge is 2.20. The van der Waals surface area contributed by atoms with Crippen molar-refractivity contribution in [1.29, 1.82) is 5.26 Å². The lowest BCUT2D eigenvalue weighted by molar-refractivity contribution is 0.655. The molecule has 1 radical (unpaired) electrons. The van der Waals surface area contributed by atoms with E-state index >= 15 is 0 Å². The van der Waals surface area contributed by atoms with Crippen LogP contribution < -0.4 is 0 Å². The second-order valence-electron chi connectivity index (χ2n) is 2.78. The number of nitrogens with zero attached hydrogens (tertiary/aromatic N) is 3. The minimum Gasteiger partial charge on any atom is -0.234 e. The van der Waals surface area contributed by atoms with Crippen molar-refractivity contribution >= 4 is 0 Å². The van der Waals surface area contributed by atoms with Crippen molar-refractivity contribution in [3.63, 3.8) is 0 Å². The Bertz CT molecular complexity index is 271. The van der Waals surface area contributed by atoms with Gasteiger partial charge >= 0.3 is 0 Å². The van der Waals surface area contributed by atoms with Crippen LogP contribution in [0.5, 0.6) is 0 Å². The quantitative estimate of drug-likeness (QED) is 0.595. The van der Waals surface area contributed by atoms with E-state index in [1.807, 2.05) is 13.8 Å². The van der Waals surface area contributed by atoms with Gasteiger partial charge < -0.3 is 0 Å². The van der Waals surface area contributed by atoms with Crippen LogP contribution in [0.2, 0.25) is 0 Å². The summed E-state index contributed by atoms with van der Waals surface area (Å²) in [5.74, 6) is 0. The fourth-order valence-electron chi connectivity index (χ4n) is 0.667. The van der Waals surface area contributed by atoms with Gasteiger partial charge in [0.2, 0.25) is 0 Å². The van der Waals surface area contributed by atoms with E-state index in [1.54, 1.807) is 12.3 Å². The first-order valence-corrected chi connectivity index (χ1v) is 3.27. The molecule has 0 aliphatic carbocycles. The summed E-state index contributed by atoms with van der Waals surface area (Å²) >= 11 is 0. The van der Waals surface area contributed by atoms with Gasteiger partial charge in [-0.05, 0) is 19.9 Å². The monoisotopic (exact) mass is 146 g/mol. The molecule has 1 heterocycles. The molecule has 1 aromatic rings. The molecule has 0 aliphatic heterocycles. The molecule has 3 nitrogen and oxygen atoms in total. The average molecular weight is 146 g/mol. The molecule has 0 bridgehead atoms. The van der Waals surface area contributed by atoms with E-state index < -0.39 is 5.41 Å². The summed E-state index contributed by atoms with van der Waals surface area (Å²) in [6.07, 6.45) is 4.04. The highest BCUT2D eigenvalue weighted by atomic mass is 14.8. The summed E-state index contributed by atoms with van der Waals surface area (Å²) < 4.78 is 0. The molecule has 0 saturated heterocycles. The molecule has 0 spiro atoms. The van der Waals surface area contributed by atoms with Crippen molar-refractivity contribution < 1.29 is 0 Å². The zero-order valence-corrected chi connectivity index (χ0v) is 6.50. The van der Waals surface area contributed by atoms with Crippen LogP contribution in [0.15, 0.2) is 12.3 Å². The summed E-state index contributed by atoms with van der Waals surface area (Å²) in [5.41, 5.74) is 0.161. The van der Waals surface area contributed by atoms with Crippen LogP contribution in [-0.4, -0.2) is 9.97 Å². The molecule has 0 amide bonds. The Morgan fingerprint density at radius 3 is 2.82 bits per heavy atom. The summed E-state index contributed by atoms with van der Waals surface area (Å²) in [5, 5.41) is 8.72. The standard InChI is InChI=1S/C8H8N3/c1-8(2,5-9)7-3-4-10-6-11-7/h3-4H,1-2H3. The SMILES string of the molecule is CC(C)(C#N)c1ccn[c]n1. The first-order chi connectivity index (χ1) is 5.17. The van der Waals surface area contributed by atoms with Crippen molar-refractivity contribution in [3.8, 4) is 6.07 Å². The van der Waals surface area contributed by atoms with Crippen LogP contribution >= 0.6 is 0 Å². The second kappa shape index (κ2) is 2.67. The molecule has 0 N–H and O–H groups in total. The topological polar surface area (TPSA) is 49.6 Å². The van der Waals surface area contributed by atoms with E-state index in [0.717, 1.165) is 0 Å². The lowest BCUT2D eigenvalue weighted by Crippen LogP contribution is -2.15.